The maximum Gasteiger partial charge on any atom is 0.0492 e. The van der Waals surface area contributed by atoms with E-state index in [1.165, 1.54) is 16.7 Å². The minimum Gasteiger partial charge on any atom is -0.299 e. The standard InChI is InChI=1S/C13H12ClN/c1-10-4-2-3-5-13(10)11-6-8-12(15-14)9-7-11/h2-9,15H,1H3. The van der Waals surface area contributed by atoms with Crippen molar-refractivity contribution in [3.8, 4) is 11.1 Å². The van der Waals surface area contributed by atoms with Crippen LogP contribution in [0.5, 0.6) is 0 Å². The van der Waals surface area contributed by atoms with E-state index in [9.17, 15) is 0 Å². The summed E-state index contributed by atoms with van der Waals surface area (Å²) in [5.41, 5.74) is 4.67. The van der Waals surface area contributed by atoms with Gasteiger partial charge in [0.2, 0.25) is 0 Å². The fourth-order valence-corrected chi connectivity index (χ4v) is 1.74. The van der Waals surface area contributed by atoms with Gasteiger partial charge in [0.15, 0.2) is 0 Å². The van der Waals surface area contributed by atoms with Crippen LogP contribution in [0.1, 0.15) is 5.56 Å². The SMILES string of the molecule is Cc1ccccc1-c1ccc(NCl)cc1. The quantitative estimate of drug-likeness (QED) is 0.743. The van der Waals surface area contributed by atoms with Gasteiger partial charge in [0, 0.05) is 17.5 Å². The molecule has 0 radical (unpaired) electrons. The molecule has 2 aromatic rings. The average molecular weight is 218 g/mol. The first-order valence-corrected chi connectivity index (χ1v) is 5.22. The number of halogens is 1. The minimum absolute atomic E-state index is 0.911. The van der Waals surface area contributed by atoms with Crippen LogP contribution in [0.2, 0.25) is 0 Å². The highest BCUT2D eigenvalue weighted by atomic mass is 35.5. The highest BCUT2D eigenvalue weighted by Gasteiger charge is 1.99. The number of benzene rings is 2. The molecule has 2 rings (SSSR count). The summed E-state index contributed by atoms with van der Waals surface area (Å²) < 4.78 is 0. The molecular weight excluding hydrogens is 206 g/mol. The zero-order chi connectivity index (χ0) is 10.7. The van der Waals surface area contributed by atoms with E-state index in [1.807, 2.05) is 18.2 Å². The molecule has 2 aromatic carbocycles. The molecule has 1 N–H and O–H groups in total. The monoisotopic (exact) mass is 217 g/mol. The minimum atomic E-state index is 0.911. The Labute approximate surface area is 94.8 Å². The van der Waals surface area contributed by atoms with Crippen LogP contribution in [-0.4, -0.2) is 0 Å². The molecule has 1 nitrogen and oxygen atoms in total. The van der Waals surface area contributed by atoms with Crippen LogP contribution in [0.4, 0.5) is 5.69 Å². The van der Waals surface area contributed by atoms with Crippen LogP contribution >= 0.6 is 11.8 Å². The highest BCUT2D eigenvalue weighted by molar-refractivity contribution is 6.23. The Hall–Kier alpha value is -1.47. The van der Waals surface area contributed by atoms with Crippen molar-refractivity contribution in [1.29, 1.82) is 0 Å². The summed E-state index contributed by atoms with van der Waals surface area (Å²) in [4.78, 5) is 2.59. The summed E-state index contributed by atoms with van der Waals surface area (Å²) in [5.74, 6) is 0. The van der Waals surface area contributed by atoms with Gasteiger partial charge in [-0.25, -0.2) is 0 Å². The molecule has 0 saturated carbocycles. The second-order valence-corrected chi connectivity index (χ2v) is 3.68. The smallest absolute Gasteiger partial charge is 0.0492 e. The molecule has 0 atom stereocenters. The van der Waals surface area contributed by atoms with E-state index in [2.05, 4.69) is 42.1 Å². The van der Waals surface area contributed by atoms with Gasteiger partial charge in [0.1, 0.15) is 0 Å². The Morgan fingerprint density at radius 1 is 0.933 bits per heavy atom. The third-order valence-electron chi connectivity index (χ3n) is 2.45. The molecule has 0 aromatic heterocycles. The molecule has 0 saturated heterocycles. The van der Waals surface area contributed by atoms with Crippen molar-refractivity contribution in [2.75, 3.05) is 4.84 Å². The van der Waals surface area contributed by atoms with Crippen LogP contribution < -0.4 is 4.84 Å². The van der Waals surface area contributed by atoms with Crippen LogP contribution in [0.3, 0.4) is 0 Å². The summed E-state index contributed by atoms with van der Waals surface area (Å²) >= 11 is 5.51. The van der Waals surface area contributed by atoms with Crippen molar-refractivity contribution in [1.82, 2.24) is 0 Å². The predicted molar refractivity (Wildman–Crippen MR) is 66.1 cm³/mol. The summed E-state index contributed by atoms with van der Waals surface area (Å²) in [7, 11) is 0. The van der Waals surface area contributed by atoms with Gasteiger partial charge in [-0.2, -0.15) is 0 Å². The lowest BCUT2D eigenvalue weighted by Gasteiger charge is -2.06. The highest BCUT2D eigenvalue weighted by Crippen LogP contribution is 2.24. The van der Waals surface area contributed by atoms with Crippen molar-refractivity contribution in [2.45, 2.75) is 6.92 Å². The maximum atomic E-state index is 5.51. The summed E-state index contributed by atoms with van der Waals surface area (Å²) in [6, 6.07) is 16.4. The Morgan fingerprint density at radius 3 is 2.20 bits per heavy atom. The second-order valence-electron chi connectivity index (χ2n) is 3.49. The van der Waals surface area contributed by atoms with Gasteiger partial charge < -0.3 is 0 Å². The Kier molecular flexibility index (Phi) is 2.93. The van der Waals surface area contributed by atoms with E-state index >= 15 is 0 Å². The fourth-order valence-electron chi connectivity index (χ4n) is 1.61. The number of rotatable bonds is 2. The first-order valence-electron chi connectivity index (χ1n) is 4.84. The molecule has 0 bridgehead atoms. The van der Waals surface area contributed by atoms with E-state index in [0.29, 0.717) is 0 Å². The number of hydrogen-bond acceptors (Lipinski definition) is 1. The second kappa shape index (κ2) is 4.37. The van der Waals surface area contributed by atoms with Gasteiger partial charge in [-0.1, -0.05) is 36.4 Å². The normalized spacial score (nSPS) is 10.0. The molecular formula is C13H12ClN. The van der Waals surface area contributed by atoms with Gasteiger partial charge in [0.05, 0.1) is 0 Å². The van der Waals surface area contributed by atoms with Crippen molar-refractivity contribution in [3.63, 3.8) is 0 Å². The van der Waals surface area contributed by atoms with Crippen LogP contribution in [0.15, 0.2) is 48.5 Å². The third kappa shape index (κ3) is 2.13. The zero-order valence-corrected chi connectivity index (χ0v) is 9.25. The molecule has 0 fully saturated rings. The zero-order valence-electron chi connectivity index (χ0n) is 8.50. The van der Waals surface area contributed by atoms with Crippen molar-refractivity contribution in [3.05, 3.63) is 54.1 Å². The lowest BCUT2D eigenvalue weighted by atomic mass is 10.0. The molecule has 0 spiro atoms. The lowest BCUT2D eigenvalue weighted by molar-refractivity contribution is 1.46. The average Bonchev–Trinajstić information content (AvgIpc) is 2.30. The van der Waals surface area contributed by atoms with Gasteiger partial charge >= 0.3 is 0 Å². The van der Waals surface area contributed by atoms with E-state index < -0.39 is 0 Å². The van der Waals surface area contributed by atoms with Gasteiger partial charge in [-0.15, -0.1) is 0 Å². The Morgan fingerprint density at radius 2 is 1.60 bits per heavy atom. The van der Waals surface area contributed by atoms with Gasteiger partial charge in [0.25, 0.3) is 0 Å². The van der Waals surface area contributed by atoms with Crippen molar-refractivity contribution in [2.24, 2.45) is 0 Å². The number of nitrogens with one attached hydrogen (secondary N) is 1. The predicted octanol–water partition coefficient (Wildman–Crippen LogP) is 4.23. The molecule has 0 aliphatic heterocycles. The van der Waals surface area contributed by atoms with E-state index in [1.54, 1.807) is 0 Å². The summed E-state index contributed by atoms with van der Waals surface area (Å²) in [5, 5.41) is 0. The van der Waals surface area contributed by atoms with Crippen LogP contribution in [0, 0.1) is 6.92 Å². The van der Waals surface area contributed by atoms with Crippen molar-refractivity contribution < 1.29 is 0 Å². The molecule has 0 amide bonds. The first kappa shape index (κ1) is 10.1. The van der Waals surface area contributed by atoms with E-state index in [-0.39, 0.29) is 0 Å². The number of aryl methyl sites for hydroxylation is 1. The number of anilines is 1. The van der Waals surface area contributed by atoms with Gasteiger partial charge in [-0.3, -0.25) is 4.84 Å². The maximum absolute atomic E-state index is 5.51. The van der Waals surface area contributed by atoms with Crippen LogP contribution in [-0.2, 0) is 0 Å². The topological polar surface area (TPSA) is 12.0 Å². The fraction of sp³-hybridized carbons (Fsp3) is 0.0769. The largest absolute Gasteiger partial charge is 0.299 e. The molecule has 0 unspecified atom stereocenters. The Balaban J connectivity index is 2.42. The van der Waals surface area contributed by atoms with Crippen molar-refractivity contribution >= 4 is 17.5 Å². The molecule has 0 heterocycles. The van der Waals surface area contributed by atoms with Gasteiger partial charge in [-0.05, 0) is 35.7 Å². The Bertz CT molecular complexity index is 448. The van der Waals surface area contributed by atoms with E-state index in [4.69, 9.17) is 11.8 Å². The number of hydrogen-bond donors (Lipinski definition) is 1. The summed E-state index contributed by atoms with van der Waals surface area (Å²) in [6.07, 6.45) is 0. The van der Waals surface area contributed by atoms with E-state index in [0.717, 1.165) is 5.69 Å². The molecule has 0 aliphatic rings. The molecule has 76 valence electrons. The third-order valence-corrected chi connectivity index (χ3v) is 2.67. The van der Waals surface area contributed by atoms with Crippen LogP contribution in [0.25, 0.3) is 11.1 Å². The molecule has 0 aliphatic carbocycles. The lowest BCUT2D eigenvalue weighted by Crippen LogP contribution is -1.83. The molecule has 2 heteroatoms. The summed E-state index contributed by atoms with van der Waals surface area (Å²) in [6.45, 7) is 2.11. The first-order chi connectivity index (χ1) is 7.31. The molecule has 15 heavy (non-hydrogen) atoms.